The smallest absolute Gasteiger partial charge is 0.238 e. The first-order chi connectivity index (χ1) is 15.1. The minimum Gasteiger partial charge on any atom is -0.379 e. The van der Waals surface area contributed by atoms with Crippen LogP contribution in [-0.4, -0.2) is 54.5 Å². The Morgan fingerprint density at radius 2 is 2.03 bits per heavy atom. The molecule has 0 atom stereocenters. The number of aromatic nitrogens is 1. The predicted molar refractivity (Wildman–Crippen MR) is 121 cm³/mol. The first kappa shape index (κ1) is 19.9. The molecule has 0 aliphatic carbocycles. The summed E-state index contributed by atoms with van der Waals surface area (Å²) in [5.74, 6) is -0.00113. The van der Waals surface area contributed by atoms with Gasteiger partial charge in [-0.05, 0) is 29.8 Å². The largest absolute Gasteiger partial charge is 0.379 e. The van der Waals surface area contributed by atoms with Gasteiger partial charge in [-0.3, -0.25) is 14.5 Å². The third-order valence-electron chi connectivity index (χ3n) is 5.39. The summed E-state index contributed by atoms with van der Waals surface area (Å²) in [6.07, 6.45) is 0.409. The highest BCUT2D eigenvalue weighted by Crippen LogP contribution is 2.33. The number of benzene rings is 2. The number of hydrogen-bond acceptors (Lipinski definition) is 6. The van der Waals surface area contributed by atoms with Gasteiger partial charge < -0.3 is 15.4 Å². The van der Waals surface area contributed by atoms with Crippen LogP contribution in [0.5, 0.6) is 0 Å². The number of nitrogens with one attached hydrogen (secondary N) is 2. The molecule has 0 spiro atoms. The third kappa shape index (κ3) is 4.51. The van der Waals surface area contributed by atoms with Crippen molar-refractivity contribution in [2.24, 2.45) is 0 Å². The zero-order valence-corrected chi connectivity index (χ0v) is 17.7. The topological polar surface area (TPSA) is 83.6 Å². The van der Waals surface area contributed by atoms with Crippen molar-refractivity contribution in [2.75, 3.05) is 43.5 Å². The van der Waals surface area contributed by atoms with Crippen molar-refractivity contribution in [1.29, 1.82) is 0 Å². The van der Waals surface area contributed by atoms with Crippen molar-refractivity contribution in [2.45, 2.75) is 6.42 Å². The summed E-state index contributed by atoms with van der Waals surface area (Å²) in [6, 6.07) is 13.7. The number of rotatable bonds is 5. The van der Waals surface area contributed by atoms with E-state index in [0.29, 0.717) is 26.2 Å². The first-order valence-electron chi connectivity index (χ1n) is 10.2. The lowest BCUT2D eigenvalue weighted by Gasteiger charge is -2.25. The van der Waals surface area contributed by atoms with Crippen LogP contribution in [0, 0.1) is 0 Å². The molecular weight excluding hydrogens is 412 g/mol. The van der Waals surface area contributed by atoms with Gasteiger partial charge in [0.05, 0.1) is 31.9 Å². The Labute approximate surface area is 184 Å². The normalized spacial score (nSPS) is 16.1. The van der Waals surface area contributed by atoms with Crippen molar-refractivity contribution in [3.63, 3.8) is 0 Å². The molecule has 0 saturated carbocycles. The Balaban J connectivity index is 1.29. The number of fused-ring (bicyclic) bond motifs is 1. The highest BCUT2D eigenvalue weighted by atomic mass is 32.1. The standard InChI is InChI=1S/C23H22N4O3S/c28-21-12-17-10-15(4-5-19(17)25-21)20-14-31-23(26-20)16-2-1-3-18(11-16)24-22(29)13-27-6-8-30-9-7-27/h1-5,10-11,14H,6-9,12-13H2,(H,24,29)(H,25,28). The monoisotopic (exact) mass is 434 g/mol. The Hall–Kier alpha value is -3.07. The third-order valence-corrected chi connectivity index (χ3v) is 6.29. The minimum absolute atomic E-state index is 0.0265. The molecule has 5 rings (SSSR count). The van der Waals surface area contributed by atoms with Crippen LogP contribution < -0.4 is 10.6 Å². The van der Waals surface area contributed by atoms with Crippen LogP contribution in [0.1, 0.15) is 5.56 Å². The lowest BCUT2D eigenvalue weighted by atomic mass is 10.1. The van der Waals surface area contributed by atoms with E-state index < -0.39 is 0 Å². The molecule has 2 aliphatic heterocycles. The SMILES string of the molecule is O=C(CN1CCOCC1)Nc1cccc(-c2nc(-c3ccc4c(c3)CC(=O)N4)cs2)c1. The van der Waals surface area contributed by atoms with Crippen molar-refractivity contribution >= 4 is 34.5 Å². The van der Waals surface area contributed by atoms with E-state index >= 15 is 0 Å². The summed E-state index contributed by atoms with van der Waals surface area (Å²) < 4.78 is 5.33. The molecule has 8 heteroatoms. The highest BCUT2D eigenvalue weighted by Gasteiger charge is 2.19. The van der Waals surface area contributed by atoms with Crippen LogP contribution in [0.2, 0.25) is 0 Å². The second-order valence-corrected chi connectivity index (χ2v) is 8.51. The zero-order chi connectivity index (χ0) is 21.2. The minimum atomic E-state index is -0.0276. The van der Waals surface area contributed by atoms with E-state index in [1.54, 1.807) is 11.3 Å². The first-order valence-corrected chi connectivity index (χ1v) is 11.1. The van der Waals surface area contributed by atoms with Gasteiger partial charge in [0.1, 0.15) is 5.01 Å². The molecule has 3 aromatic rings. The molecule has 2 N–H and O–H groups in total. The van der Waals surface area contributed by atoms with Gasteiger partial charge in [0, 0.05) is 41.0 Å². The summed E-state index contributed by atoms with van der Waals surface area (Å²) in [5.41, 5.74) is 5.47. The zero-order valence-electron chi connectivity index (χ0n) is 16.9. The van der Waals surface area contributed by atoms with Crippen molar-refractivity contribution in [1.82, 2.24) is 9.88 Å². The van der Waals surface area contributed by atoms with Crippen LogP contribution in [0.25, 0.3) is 21.8 Å². The Bertz CT molecular complexity index is 1140. The molecule has 1 saturated heterocycles. The van der Waals surface area contributed by atoms with E-state index in [9.17, 15) is 9.59 Å². The number of hydrogen-bond donors (Lipinski definition) is 2. The maximum absolute atomic E-state index is 12.4. The van der Waals surface area contributed by atoms with Gasteiger partial charge in [0.25, 0.3) is 0 Å². The lowest BCUT2D eigenvalue weighted by molar-refractivity contribution is -0.118. The van der Waals surface area contributed by atoms with Crippen LogP contribution in [0.15, 0.2) is 47.8 Å². The number of amides is 2. The molecule has 0 unspecified atom stereocenters. The average molecular weight is 435 g/mol. The average Bonchev–Trinajstić information content (AvgIpc) is 3.40. The molecular formula is C23H22N4O3S. The predicted octanol–water partition coefficient (Wildman–Crippen LogP) is 3.24. The summed E-state index contributed by atoms with van der Waals surface area (Å²) >= 11 is 1.56. The molecule has 2 amide bonds. The molecule has 1 aromatic heterocycles. The fourth-order valence-electron chi connectivity index (χ4n) is 3.82. The molecule has 2 aliphatic rings. The number of anilines is 2. The number of carbonyl (C=O) groups excluding carboxylic acids is 2. The van der Waals surface area contributed by atoms with Crippen LogP contribution >= 0.6 is 11.3 Å². The van der Waals surface area contributed by atoms with E-state index in [1.165, 1.54) is 0 Å². The van der Waals surface area contributed by atoms with E-state index in [1.807, 2.05) is 47.8 Å². The molecule has 7 nitrogen and oxygen atoms in total. The van der Waals surface area contributed by atoms with E-state index in [0.717, 1.165) is 51.9 Å². The number of thiazole rings is 1. The number of ether oxygens (including phenoxy) is 1. The van der Waals surface area contributed by atoms with Gasteiger partial charge in [-0.15, -0.1) is 11.3 Å². The maximum atomic E-state index is 12.4. The van der Waals surface area contributed by atoms with Crippen molar-refractivity contribution < 1.29 is 14.3 Å². The van der Waals surface area contributed by atoms with Gasteiger partial charge in [0.2, 0.25) is 11.8 Å². The van der Waals surface area contributed by atoms with Crippen LogP contribution in [0.3, 0.4) is 0 Å². The quantitative estimate of drug-likeness (QED) is 0.644. The van der Waals surface area contributed by atoms with Crippen molar-refractivity contribution in [3.8, 4) is 21.8 Å². The second-order valence-electron chi connectivity index (χ2n) is 7.65. The summed E-state index contributed by atoms with van der Waals surface area (Å²) in [7, 11) is 0. The molecule has 3 heterocycles. The van der Waals surface area contributed by atoms with Gasteiger partial charge >= 0.3 is 0 Å². The summed E-state index contributed by atoms with van der Waals surface area (Å²) in [6.45, 7) is 3.27. The number of nitrogens with zero attached hydrogens (tertiary/aromatic N) is 2. The number of morpholine rings is 1. The Morgan fingerprint density at radius 3 is 2.90 bits per heavy atom. The van der Waals surface area contributed by atoms with Gasteiger partial charge in [-0.2, -0.15) is 0 Å². The van der Waals surface area contributed by atoms with E-state index in [-0.39, 0.29) is 11.8 Å². The van der Waals surface area contributed by atoms with Crippen molar-refractivity contribution in [3.05, 3.63) is 53.4 Å². The molecule has 0 bridgehead atoms. The Morgan fingerprint density at radius 1 is 1.16 bits per heavy atom. The fourth-order valence-corrected chi connectivity index (χ4v) is 4.65. The van der Waals surface area contributed by atoms with Crippen LogP contribution in [-0.2, 0) is 20.7 Å². The van der Waals surface area contributed by atoms with E-state index in [2.05, 4.69) is 15.5 Å². The highest BCUT2D eigenvalue weighted by molar-refractivity contribution is 7.13. The molecule has 1 fully saturated rings. The molecule has 0 radical (unpaired) electrons. The molecule has 31 heavy (non-hydrogen) atoms. The fraction of sp³-hybridized carbons (Fsp3) is 0.261. The second kappa shape index (κ2) is 8.58. The van der Waals surface area contributed by atoms with Crippen LogP contribution in [0.4, 0.5) is 11.4 Å². The van der Waals surface area contributed by atoms with E-state index in [4.69, 9.17) is 9.72 Å². The molecule has 2 aromatic carbocycles. The molecule has 158 valence electrons. The summed E-state index contributed by atoms with van der Waals surface area (Å²) in [5, 5.41) is 8.74. The maximum Gasteiger partial charge on any atom is 0.238 e. The van der Waals surface area contributed by atoms with Gasteiger partial charge in [-0.1, -0.05) is 18.2 Å². The summed E-state index contributed by atoms with van der Waals surface area (Å²) in [4.78, 5) is 30.9. The van der Waals surface area contributed by atoms with Gasteiger partial charge in [0.15, 0.2) is 0 Å². The van der Waals surface area contributed by atoms with Gasteiger partial charge in [-0.25, -0.2) is 4.98 Å². The Kier molecular flexibility index (Phi) is 5.50. The lowest BCUT2D eigenvalue weighted by Crippen LogP contribution is -2.41. The number of carbonyl (C=O) groups is 2.